The molecule has 0 spiro atoms. The normalized spacial score (nSPS) is 12.2. The largest absolute Gasteiger partial charge is 0.395 e. The molecule has 1 atom stereocenters. The lowest BCUT2D eigenvalue weighted by Gasteiger charge is -2.23. The van der Waals surface area contributed by atoms with E-state index in [0.29, 0.717) is 6.54 Å². The number of anilines is 1. The smallest absolute Gasteiger partial charge is 0.129 e. The van der Waals surface area contributed by atoms with Gasteiger partial charge in [0.2, 0.25) is 0 Å². The number of benzene rings is 1. The number of hydrogen-bond donors (Lipinski definition) is 2. The highest BCUT2D eigenvalue weighted by atomic mass is 16.3. The van der Waals surface area contributed by atoms with Crippen LogP contribution in [0.1, 0.15) is 24.1 Å². The monoisotopic (exact) mass is 271 g/mol. The van der Waals surface area contributed by atoms with E-state index in [9.17, 15) is 5.11 Å². The molecule has 0 radical (unpaired) electrons. The standard InChI is InChI=1S/C16H21N3O/c1-13(17)15-7-8-18-16(11-15)19(9-10-20)12-14-5-3-2-4-6-14/h2-8,11,13,20H,9-10,12,17H2,1H3/t13-/m0/s1. The van der Waals surface area contributed by atoms with E-state index in [2.05, 4.69) is 22.0 Å². The molecule has 1 aromatic carbocycles. The van der Waals surface area contributed by atoms with Crippen LogP contribution in [0.4, 0.5) is 5.82 Å². The predicted molar refractivity (Wildman–Crippen MR) is 81.4 cm³/mol. The van der Waals surface area contributed by atoms with Crippen molar-refractivity contribution in [1.82, 2.24) is 4.98 Å². The highest BCUT2D eigenvalue weighted by Gasteiger charge is 2.10. The Balaban J connectivity index is 2.21. The lowest BCUT2D eigenvalue weighted by atomic mass is 10.1. The van der Waals surface area contributed by atoms with Crippen LogP contribution in [0.5, 0.6) is 0 Å². The molecule has 0 fully saturated rings. The number of pyridine rings is 1. The maximum atomic E-state index is 9.26. The van der Waals surface area contributed by atoms with Crippen molar-refractivity contribution in [3.63, 3.8) is 0 Å². The molecule has 2 rings (SSSR count). The Morgan fingerprint density at radius 2 is 2.00 bits per heavy atom. The van der Waals surface area contributed by atoms with E-state index in [-0.39, 0.29) is 12.6 Å². The Hall–Kier alpha value is -1.91. The first-order valence-corrected chi connectivity index (χ1v) is 6.82. The second kappa shape index (κ2) is 7.03. The molecule has 20 heavy (non-hydrogen) atoms. The predicted octanol–water partition coefficient (Wildman–Crippen LogP) is 2.10. The van der Waals surface area contributed by atoms with Crippen molar-refractivity contribution in [1.29, 1.82) is 0 Å². The summed E-state index contributed by atoms with van der Waals surface area (Å²) in [5.41, 5.74) is 8.15. The molecular weight excluding hydrogens is 250 g/mol. The molecule has 2 aromatic rings. The number of hydrogen-bond acceptors (Lipinski definition) is 4. The van der Waals surface area contributed by atoms with Crippen molar-refractivity contribution < 1.29 is 5.11 Å². The third kappa shape index (κ3) is 3.79. The van der Waals surface area contributed by atoms with Crippen molar-refractivity contribution in [2.45, 2.75) is 19.5 Å². The third-order valence-electron chi connectivity index (χ3n) is 3.21. The Kier molecular flexibility index (Phi) is 5.09. The van der Waals surface area contributed by atoms with Crippen LogP contribution in [-0.4, -0.2) is 23.2 Å². The van der Waals surface area contributed by atoms with E-state index in [4.69, 9.17) is 5.73 Å². The van der Waals surface area contributed by atoms with Crippen LogP contribution in [0.2, 0.25) is 0 Å². The van der Waals surface area contributed by atoms with Crippen LogP contribution in [0.3, 0.4) is 0 Å². The van der Waals surface area contributed by atoms with Gasteiger partial charge in [-0.1, -0.05) is 30.3 Å². The van der Waals surface area contributed by atoms with Gasteiger partial charge in [0.05, 0.1) is 6.61 Å². The molecule has 4 heteroatoms. The number of aromatic nitrogens is 1. The van der Waals surface area contributed by atoms with Gasteiger partial charge in [-0.3, -0.25) is 0 Å². The van der Waals surface area contributed by atoms with Gasteiger partial charge in [-0.15, -0.1) is 0 Å². The minimum absolute atomic E-state index is 0.0237. The van der Waals surface area contributed by atoms with Crippen LogP contribution < -0.4 is 10.6 Å². The van der Waals surface area contributed by atoms with Gasteiger partial charge in [-0.25, -0.2) is 4.98 Å². The van der Waals surface area contributed by atoms with E-state index in [1.54, 1.807) is 6.20 Å². The molecule has 0 unspecified atom stereocenters. The number of nitrogens with zero attached hydrogens (tertiary/aromatic N) is 2. The Morgan fingerprint density at radius 3 is 2.65 bits per heavy atom. The van der Waals surface area contributed by atoms with Crippen LogP contribution in [0, 0.1) is 0 Å². The molecule has 3 N–H and O–H groups in total. The topological polar surface area (TPSA) is 62.4 Å². The van der Waals surface area contributed by atoms with Gasteiger partial charge >= 0.3 is 0 Å². The quantitative estimate of drug-likeness (QED) is 0.844. The van der Waals surface area contributed by atoms with E-state index in [1.165, 1.54) is 5.56 Å². The summed E-state index contributed by atoms with van der Waals surface area (Å²) in [6.07, 6.45) is 1.77. The summed E-state index contributed by atoms with van der Waals surface area (Å²) >= 11 is 0. The maximum absolute atomic E-state index is 9.26. The zero-order valence-electron chi connectivity index (χ0n) is 11.7. The van der Waals surface area contributed by atoms with Crippen molar-refractivity contribution in [3.05, 3.63) is 59.8 Å². The van der Waals surface area contributed by atoms with Crippen LogP contribution in [-0.2, 0) is 6.54 Å². The zero-order chi connectivity index (χ0) is 14.4. The highest BCUT2D eigenvalue weighted by molar-refractivity contribution is 5.42. The molecule has 0 bridgehead atoms. The van der Waals surface area contributed by atoms with E-state index >= 15 is 0 Å². The van der Waals surface area contributed by atoms with Crippen molar-refractivity contribution >= 4 is 5.82 Å². The van der Waals surface area contributed by atoms with Gasteiger partial charge in [0.1, 0.15) is 5.82 Å². The van der Waals surface area contributed by atoms with Gasteiger partial charge < -0.3 is 15.7 Å². The molecule has 0 saturated heterocycles. The molecule has 106 valence electrons. The summed E-state index contributed by atoms with van der Waals surface area (Å²) in [5, 5.41) is 9.26. The Bertz CT molecular complexity index is 528. The molecule has 4 nitrogen and oxygen atoms in total. The van der Waals surface area contributed by atoms with Crippen molar-refractivity contribution in [2.24, 2.45) is 5.73 Å². The fourth-order valence-corrected chi connectivity index (χ4v) is 2.09. The first-order chi connectivity index (χ1) is 9.70. The Morgan fingerprint density at radius 1 is 1.25 bits per heavy atom. The lowest BCUT2D eigenvalue weighted by Crippen LogP contribution is -2.27. The molecule has 0 aliphatic rings. The van der Waals surface area contributed by atoms with Crippen LogP contribution >= 0.6 is 0 Å². The molecular formula is C16H21N3O. The highest BCUT2D eigenvalue weighted by Crippen LogP contribution is 2.18. The van der Waals surface area contributed by atoms with Gasteiger partial charge in [0, 0.05) is 25.3 Å². The van der Waals surface area contributed by atoms with E-state index in [1.807, 2.05) is 37.3 Å². The summed E-state index contributed by atoms with van der Waals surface area (Å²) in [7, 11) is 0. The summed E-state index contributed by atoms with van der Waals surface area (Å²) < 4.78 is 0. The summed E-state index contributed by atoms with van der Waals surface area (Å²) in [5.74, 6) is 0.845. The van der Waals surface area contributed by atoms with Crippen molar-refractivity contribution in [3.8, 4) is 0 Å². The minimum Gasteiger partial charge on any atom is -0.395 e. The first kappa shape index (κ1) is 14.5. The van der Waals surface area contributed by atoms with Gasteiger partial charge in [-0.2, -0.15) is 0 Å². The molecule has 0 saturated carbocycles. The maximum Gasteiger partial charge on any atom is 0.129 e. The molecule has 0 amide bonds. The average molecular weight is 271 g/mol. The van der Waals surface area contributed by atoms with E-state index in [0.717, 1.165) is 17.9 Å². The second-order valence-electron chi connectivity index (χ2n) is 4.87. The molecule has 0 aliphatic heterocycles. The number of aliphatic hydroxyl groups is 1. The third-order valence-corrected chi connectivity index (χ3v) is 3.21. The first-order valence-electron chi connectivity index (χ1n) is 6.82. The van der Waals surface area contributed by atoms with Crippen LogP contribution in [0.15, 0.2) is 48.7 Å². The van der Waals surface area contributed by atoms with Gasteiger partial charge in [-0.05, 0) is 30.2 Å². The lowest BCUT2D eigenvalue weighted by molar-refractivity contribution is 0.301. The SMILES string of the molecule is C[C@H](N)c1ccnc(N(CCO)Cc2ccccc2)c1. The Labute approximate surface area is 119 Å². The fraction of sp³-hybridized carbons (Fsp3) is 0.312. The summed E-state index contributed by atoms with van der Waals surface area (Å²) in [4.78, 5) is 6.45. The summed E-state index contributed by atoms with van der Waals surface area (Å²) in [6.45, 7) is 3.31. The number of aliphatic hydroxyl groups excluding tert-OH is 1. The van der Waals surface area contributed by atoms with Crippen molar-refractivity contribution in [2.75, 3.05) is 18.1 Å². The molecule has 1 heterocycles. The zero-order valence-corrected chi connectivity index (χ0v) is 11.7. The average Bonchev–Trinajstić information content (AvgIpc) is 2.48. The molecule has 1 aromatic heterocycles. The fourth-order valence-electron chi connectivity index (χ4n) is 2.09. The van der Waals surface area contributed by atoms with Crippen LogP contribution in [0.25, 0.3) is 0 Å². The second-order valence-corrected chi connectivity index (χ2v) is 4.87. The minimum atomic E-state index is -0.0237. The number of nitrogens with two attached hydrogens (primary N) is 1. The molecule has 0 aliphatic carbocycles. The van der Waals surface area contributed by atoms with Gasteiger partial charge in [0.15, 0.2) is 0 Å². The van der Waals surface area contributed by atoms with Gasteiger partial charge in [0.25, 0.3) is 0 Å². The van der Waals surface area contributed by atoms with E-state index < -0.39 is 0 Å². The summed E-state index contributed by atoms with van der Waals surface area (Å²) in [6, 6.07) is 14.0. The number of rotatable bonds is 6.